The van der Waals surface area contributed by atoms with Crippen molar-refractivity contribution in [2.75, 3.05) is 0 Å². The molecule has 0 aliphatic heterocycles. The molecule has 1 aromatic heterocycles. The molecule has 0 fully saturated rings. The highest BCUT2D eigenvalue weighted by Crippen LogP contribution is 2.19. The zero-order valence-electron chi connectivity index (χ0n) is 12.5. The number of esters is 1. The number of carbonyl (C=O) groups excluding carboxylic acids is 1. The van der Waals surface area contributed by atoms with E-state index in [1.807, 2.05) is 42.5 Å². The van der Waals surface area contributed by atoms with Gasteiger partial charge >= 0.3 is 5.97 Å². The Bertz CT molecular complexity index is 770. The standard InChI is InChI=1S/C20H16O3/c21-20(13-12-19-7-4-14-22-19)23-15-16-8-10-18(11-9-16)17-5-2-1-3-6-17/h1-14H,15H2/b13-12+. The van der Waals surface area contributed by atoms with Crippen LogP contribution in [0, 0.1) is 0 Å². The third-order valence-electron chi connectivity index (χ3n) is 3.37. The van der Waals surface area contributed by atoms with Gasteiger partial charge in [0.15, 0.2) is 0 Å². The van der Waals surface area contributed by atoms with Crippen LogP contribution in [-0.4, -0.2) is 5.97 Å². The first-order valence-corrected chi connectivity index (χ1v) is 7.34. The Morgan fingerprint density at radius 3 is 2.35 bits per heavy atom. The quantitative estimate of drug-likeness (QED) is 0.506. The fourth-order valence-electron chi connectivity index (χ4n) is 2.16. The fraction of sp³-hybridized carbons (Fsp3) is 0.0500. The molecule has 0 N–H and O–H groups in total. The predicted octanol–water partition coefficient (Wildman–Crippen LogP) is 4.70. The molecule has 2 aromatic carbocycles. The number of hydrogen-bond donors (Lipinski definition) is 0. The van der Waals surface area contributed by atoms with Gasteiger partial charge in [0.2, 0.25) is 0 Å². The lowest BCUT2D eigenvalue weighted by molar-refractivity contribution is -0.138. The van der Waals surface area contributed by atoms with Gasteiger partial charge in [-0.05, 0) is 34.9 Å². The smallest absolute Gasteiger partial charge is 0.331 e. The molecule has 3 rings (SSSR count). The molecular weight excluding hydrogens is 288 g/mol. The van der Waals surface area contributed by atoms with Crippen LogP contribution in [0.1, 0.15) is 11.3 Å². The molecule has 114 valence electrons. The molecule has 0 bridgehead atoms. The first-order chi connectivity index (χ1) is 11.3. The summed E-state index contributed by atoms with van der Waals surface area (Å²) in [5.74, 6) is 0.225. The highest BCUT2D eigenvalue weighted by atomic mass is 16.5. The van der Waals surface area contributed by atoms with Gasteiger partial charge < -0.3 is 9.15 Å². The van der Waals surface area contributed by atoms with E-state index in [1.165, 1.54) is 6.08 Å². The summed E-state index contributed by atoms with van der Waals surface area (Å²) in [6.07, 6.45) is 4.50. The van der Waals surface area contributed by atoms with Crippen molar-refractivity contribution in [3.8, 4) is 11.1 Å². The first-order valence-electron chi connectivity index (χ1n) is 7.34. The molecule has 0 radical (unpaired) electrons. The maximum Gasteiger partial charge on any atom is 0.331 e. The molecule has 0 saturated heterocycles. The summed E-state index contributed by atoms with van der Waals surface area (Å²) in [6, 6.07) is 21.7. The van der Waals surface area contributed by atoms with Crippen LogP contribution < -0.4 is 0 Å². The van der Waals surface area contributed by atoms with E-state index in [2.05, 4.69) is 12.1 Å². The van der Waals surface area contributed by atoms with Gasteiger partial charge in [0.1, 0.15) is 12.4 Å². The largest absolute Gasteiger partial charge is 0.465 e. The number of hydrogen-bond acceptors (Lipinski definition) is 3. The van der Waals surface area contributed by atoms with Crippen LogP contribution >= 0.6 is 0 Å². The summed E-state index contributed by atoms with van der Waals surface area (Å²) in [5, 5.41) is 0. The maximum atomic E-state index is 11.6. The summed E-state index contributed by atoms with van der Waals surface area (Å²) < 4.78 is 10.3. The van der Waals surface area contributed by atoms with Crippen LogP contribution in [0.5, 0.6) is 0 Å². The molecule has 0 spiro atoms. The summed E-state index contributed by atoms with van der Waals surface area (Å²) in [7, 11) is 0. The summed E-state index contributed by atoms with van der Waals surface area (Å²) >= 11 is 0. The zero-order chi connectivity index (χ0) is 15.9. The maximum absolute atomic E-state index is 11.6. The highest BCUT2D eigenvalue weighted by molar-refractivity contribution is 5.86. The van der Waals surface area contributed by atoms with E-state index >= 15 is 0 Å². The average Bonchev–Trinajstić information content (AvgIpc) is 3.13. The van der Waals surface area contributed by atoms with E-state index in [0.717, 1.165) is 16.7 Å². The highest BCUT2D eigenvalue weighted by Gasteiger charge is 2.01. The van der Waals surface area contributed by atoms with Crippen molar-refractivity contribution in [2.24, 2.45) is 0 Å². The Morgan fingerprint density at radius 1 is 0.913 bits per heavy atom. The number of benzene rings is 2. The lowest BCUT2D eigenvalue weighted by Gasteiger charge is -2.05. The van der Waals surface area contributed by atoms with Gasteiger partial charge in [0.25, 0.3) is 0 Å². The number of ether oxygens (including phenoxy) is 1. The minimum absolute atomic E-state index is 0.246. The van der Waals surface area contributed by atoms with Crippen LogP contribution in [-0.2, 0) is 16.1 Å². The normalized spacial score (nSPS) is 10.8. The SMILES string of the molecule is O=C(/C=C/c1ccco1)OCc1ccc(-c2ccccc2)cc1. The molecule has 3 aromatic rings. The summed E-state index contributed by atoms with van der Waals surface area (Å²) in [4.78, 5) is 11.6. The molecule has 0 amide bonds. The van der Waals surface area contributed by atoms with Gasteiger partial charge in [-0.2, -0.15) is 0 Å². The van der Waals surface area contributed by atoms with Crippen LogP contribution in [0.2, 0.25) is 0 Å². The Hall–Kier alpha value is -3.07. The number of carbonyl (C=O) groups is 1. The van der Waals surface area contributed by atoms with Crippen LogP contribution in [0.15, 0.2) is 83.5 Å². The molecule has 0 aliphatic carbocycles. The van der Waals surface area contributed by atoms with Crippen LogP contribution in [0.25, 0.3) is 17.2 Å². The van der Waals surface area contributed by atoms with Gasteiger partial charge in [-0.3, -0.25) is 0 Å². The van der Waals surface area contributed by atoms with Crippen molar-refractivity contribution in [1.29, 1.82) is 0 Å². The molecule has 23 heavy (non-hydrogen) atoms. The zero-order valence-corrected chi connectivity index (χ0v) is 12.5. The first kappa shape index (κ1) is 14.9. The molecule has 1 heterocycles. The Labute approximate surface area is 134 Å². The summed E-state index contributed by atoms with van der Waals surface area (Å²) in [6.45, 7) is 0.246. The van der Waals surface area contributed by atoms with E-state index in [1.54, 1.807) is 24.5 Å². The van der Waals surface area contributed by atoms with Crippen molar-refractivity contribution in [3.63, 3.8) is 0 Å². The lowest BCUT2D eigenvalue weighted by atomic mass is 10.0. The second-order valence-electron chi connectivity index (χ2n) is 5.02. The third kappa shape index (κ3) is 4.20. The van der Waals surface area contributed by atoms with Crippen molar-refractivity contribution in [2.45, 2.75) is 6.61 Å². The average molecular weight is 304 g/mol. The molecule has 0 aliphatic rings. The second kappa shape index (κ2) is 7.27. The van der Waals surface area contributed by atoms with Crippen molar-refractivity contribution >= 4 is 12.0 Å². The second-order valence-corrected chi connectivity index (χ2v) is 5.02. The number of rotatable bonds is 5. The minimum Gasteiger partial charge on any atom is -0.465 e. The van der Waals surface area contributed by atoms with E-state index in [0.29, 0.717) is 5.76 Å². The van der Waals surface area contributed by atoms with Crippen LogP contribution in [0.3, 0.4) is 0 Å². The Kier molecular flexibility index (Phi) is 4.69. The van der Waals surface area contributed by atoms with Gasteiger partial charge in [-0.1, -0.05) is 54.6 Å². The van der Waals surface area contributed by atoms with Crippen LogP contribution in [0.4, 0.5) is 0 Å². The third-order valence-corrected chi connectivity index (χ3v) is 3.37. The van der Waals surface area contributed by atoms with Gasteiger partial charge in [0, 0.05) is 6.08 Å². The van der Waals surface area contributed by atoms with E-state index in [9.17, 15) is 4.79 Å². The molecule has 0 saturated carbocycles. The Morgan fingerprint density at radius 2 is 1.65 bits per heavy atom. The van der Waals surface area contributed by atoms with Crippen molar-refractivity contribution < 1.29 is 13.9 Å². The molecule has 3 nitrogen and oxygen atoms in total. The van der Waals surface area contributed by atoms with E-state index in [4.69, 9.17) is 9.15 Å². The fourth-order valence-corrected chi connectivity index (χ4v) is 2.16. The van der Waals surface area contributed by atoms with Gasteiger partial charge in [-0.15, -0.1) is 0 Å². The molecular formula is C20H16O3. The van der Waals surface area contributed by atoms with Crippen molar-refractivity contribution in [1.82, 2.24) is 0 Å². The lowest BCUT2D eigenvalue weighted by Crippen LogP contribution is -2.00. The molecule has 0 unspecified atom stereocenters. The van der Waals surface area contributed by atoms with E-state index < -0.39 is 5.97 Å². The Balaban J connectivity index is 1.55. The molecule has 3 heteroatoms. The molecule has 0 atom stereocenters. The van der Waals surface area contributed by atoms with E-state index in [-0.39, 0.29) is 6.61 Å². The topological polar surface area (TPSA) is 39.4 Å². The van der Waals surface area contributed by atoms with Gasteiger partial charge in [0.05, 0.1) is 6.26 Å². The summed E-state index contributed by atoms with van der Waals surface area (Å²) in [5.41, 5.74) is 3.25. The monoisotopic (exact) mass is 304 g/mol. The number of furan rings is 1. The predicted molar refractivity (Wildman–Crippen MR) is 89.4 cm³/mol. The van der Waals surface area contributed by atoms with Gasteiger partial charge in [-0.25, -0.2) is 4.79 Å². The van der Waals surface area contributed by atoms with Crippen molar-refractivity contribution in [3.05, 3.63) is 90.4 Å². The minimum atomic E-state index is -0.395.